The lowest BCUT2D eigenvalue weighted by Gasteiger charge is -2.35. The maximum Gasteiger partial charge on any atom is 0.340 e. The van der Waals surface area contributed by atoms with Gasteiger partial charge in [0.25, 0.3) is 0 Å². The molecule has 242 valence electrons. The van der Waals surface area contributed by atoms with E-state index in [9.17, 15) is 22.4 Å². The van der Waals surface area contributed by atoms with Crippen LogP contribution in [0.3, 0.4) is 0 Å². The quantitative estimate of drug-likeness (QED) is 0.141. The summed E-state index contributed by atoms with van der Waals surface area (Å²) < 4.78 is 73.3. The van der Waals surface area contributed by atoms with Crippen molar-refractivity contribution in [2.45, 2.75) is 31.8 Å². The van der Waals surface area contributed by atoms with Gasteiger partial charge in [0.15, 0.2) is 28.9 Å². The SMILES string of the molecule is O=C1OC(c2ccc3c(c2)CN(Cc2ccc(F)c(F)c2)CO3)(c2ccc3c(c2)CN(Cc2ccc(F)c(F)c2)CO3)c2ccccc21. The summed E-state index contributed by atoms with van der Waals surface area (Å²) in [6, 6.07) is 26.4. The van der Waals surface area contributed by atoms with E-state index in [1.165, 1.54) is 12.1 Å². The van der Waals surface area contributed by atoms with Crippen LogP contribution < -0.4 is 9.47 Å². The average molecular weight is 653 g/mol. The molecule has 0 amide bonds. The summed E-state index contributed by atoms with van der Waals surface area (Å²) in [5.41, 5.74) is 4.22. The Balaban J connectivity index is 1.15. The Morgan fingerprint density at radius 1 is 0.604 bits per heavy atom. The van der Waals surface area contributed by atoms with E-state index in [0.717, 1.165) is 23.3 Å². The molecule has 0 atom stereocenters. The molecule has 0 saturated carbocycles. The van der Waals surface area contributed by atoms with E-state index in [1.54, 1.807) is 24.3 Å². The van der Waals surface area contributed by atoms with Crippen molar-refractivity contribution in [2.24, 2.45) is 0 Å². The molecular weight excluding hydrogens is 624 g/mol. The number of fused-ring (bicyclic) bond motifs is 3. The van der Waals surface area contributed by atoms with Crippen molar-refractivity contribution in [1.82, 2.24) is 9.80 Å². The van der Waals surface area contributed by atoms with Crippen LogP contribution in [0.4, 0.5) is 17.6 Å². The number of nitrogens with zero attached hydrogens (tertiary/aromatic N) is 2. The van der Waals surface area contributed by atoms with Crippen molar-refractivity contribution in [3.63, 3.8) is 0 Å². The monoisotopic (exact) mass is 652 g/mol. The molecule has 3 aliphatic rings. The van der Waals surface area contributed by atoms with E-state index in [2.05, 4.69) is 0 Å². The van der Waals surface area contributed by atoms with E-state index in [1.807, 2.05) is 58.3 Å². The standard InChI is InChI=1S/C38H28F4N2O4/c39-31-9-5-23(13-33(31)41)17-43-19-25-15-27(7-11-35(25)46-21-43)38(30-4-2-1-3-29(30)37(45)48-38)28-8-12-36-26(16-28)20-44(22-47-36)18-24-6-10-32(40)34(42)14-24/h1-16H,17-22H2. The van der Waals surface area contributed by atoms with Gasteiger partial charge in [0.1, 0.15) is 25.0 Å². The van der Waals surface area contributed by atoms with Gasteiger partial charge < -0.3 is 14.2 Å². The van der Waals surface area contributed by atoms with Crippen molar-refractivity contribution in [3.8, 4) is 11.5 Å². The van der Waals surface area contributed by atoms with Gasteiger partial charge in [-0.3, -0.25) is 9.80 Å². The summed E-state index contributed by atoms with van der Waals surface area (Å²) >= 11 is 0. The van der Waals surface area contributed by atoms with Crippen molar-refractivity contribution in [1.29, 1.82) is 0 Å². The van der Waals surface area contributed by atoms with E-state index in [4.69, 9.17) is 14.2 Å². The molecule has 5 aromatic rings. The summed E-state index contributed by atoms with van der Waals surface area (Å²) in [4.78, 5) is 17.4. The number of esters is 1. The van der Waals surface area contributed by atoms with Gasteiger partial charge in [-0.05, 0) is 65.7 Å². The molecule has 0 aromatic heterocycles. The van der Waals surface area contributed by atoms with Crippen LogP contribution in [0.25, 0.3) is 0 Å². The minimum absolute atomic E-state index is 0.264. The fraction of sp³-hybridized carbons (Fsp3) is 0.184. The Kier molecular flexibility index (Phi) is 7.42. The topological polar surface area (TPSA) is 51.2 Å². The average Bonchev–Trinajstić information content (AvgIpc) is 3.40. The molecule has 6 nitrogen and oxygen atoms in total. The van der Waals surface area contributed by atoms with Crippen LogP contribution >= 0.6 is 0 Å². The fourth-order valence-electron chi connectivity index (χ4n) is 6.83. The first kappa shape index (κ1) is 30.2. The van der Waals surface area contributed by atoms with E-state index >= 15 is 0 Å². The Bertz CT molecular complexity index is 1970. The number of rotatable bonds is 6. The van der Waals surface area contributed by atoms with Crippen LogP contribution in [-0.4, -0.2) is 29.2 Å². The van der Waals surface area contributed by atoms with Gasteiger partial charge in [-0.1, -0.05) is 42.5 Å². The minimum atomic E-state index is -1.29. The highest BCUT2D eigenvalue weighted by Crippen LogP contribution is 2.49. The normalized spacial score (nSPS) is 16.7. The van der Waals surface area contributed by atoms with Crippen LogP contribution in [0.1, 0.15) is 49.3 Å². The van der Waals surface area contributed by atoms with Crippen molar-refractivity contribution in [3.05, 3.63) is 165 Å². The third-order valence-corrected chi connectivity index (χ3v) is 9.08. The molecule has 3 heterocycles. The minimum Gasteiger partial charge on any atom is -0.478 e. The number of carbonyl (C=O) groups excluding carboxylic acids is 1. The summed E-state index contributed by atoms with van der Waals surface area (Å²) in [6.45, 7) is 2.14. The van der Waals surface area contributed by atoms with Crippen molar-refractivity contribution in [2.75, 3.05) is 13.5 Å². The largest absolute Gasteiger partial charge is 0.478 e. The first-order valence-electron chi connectivity index (χ1n) is 15.4. The maximum atomic E-state index is 13.9. The van der Waals surface area contributed by atoms with Crippen LogP contribution in [0, 0.1) is 23.3 Å². The highest BCUT2D eigenvalue weighted by atomic mass is 19.2. The summed E-state index contributed by atoms with van der Waals surface area (Å²) in [5, 5.41) is 0. The summed E-state index contributed by atoms with van der Waals surface area (Å²) in [7, 11) is 0. The lowest BCUT2D eigenvalue weighted by Crippen LogP contribution is -2.34. The van der Waals surface area contributed by atoms with E-state index in [-0.39, 0.29) is 13.5 Å². The van der Waals surface area contributed by atoms with Gasteiger partial charge in [0.05, 0.1) is 5.56 Å². The maximum absolute atomic E-state index is 13.9. The second-order valence-corrected chi connectivity index (χ2v) is 12.3. The van der Waals surface area contributed by atoms with Gasteiger partial charge in [0, 0.05) is 54.0 Å². The van der Waals surface area contributed by atoms with Gasteiger partial charge in [-0.25, -0.2) is 22.4 Å². The molecule has 0 unspecified atom stereocenters. The number of cyclic esters (lactones) is 1. The molecule has 5 aromatic carbocycles. The Labute approximate surface area is 273 Å². The third-order valence-electron chi connectivity index (χ3n) is 9.08. The van der Waals surface area contributed by atoms with Gasteiger partial charge in [-0.15, -0.1) is 0 Å². The Morgan fingerprint density at radius 3 is 1.65 bits per heavy atom. The lowest BCUT2D eigenvalue weighted by molar-refractivity contribution is 0.0248. The summed E-state index contributed by atoms with van der Waals surface area (Å²) in [6.07, 6.45) is 0. The Morgan fingerprint density at radius 2 is 1.12 bits per heavy atom. The fourth-order valence-corrected chi connectivity index (χ4v) is 6.83. The molecule has 0 bridgehead atoms. The molecule has 10 heteroatoms. The number of carbonyl (C=O) groups is 1. The zero-order valence-electron chi connectivity index (χ0n) is 25.5. The first-order valence-corrected chi connectivity index (χ1v) is 15.4. The molecule has 0 saturated heterocycles. The van der Waals surface area contributed by atoms with Gasteiger partial charge in [-0.2, -0.15) is 0 Å². The van der Waals surface area contributed by atoms with Gasteiger partial charge >= 0.3 is 5.97 Å². The first-order chi connectivity index (χ1) is 23.3. The number of benzene rings is 5. The number of halogens is 4. The number of ether oxygens (including phenoxy) is 3. The second-order valence-electron chi connectivity index (χ2n) is 12.3. The smallest absolute Gasteiger partial charge is 0.340 e. The third kappa shape index (κ3) is 5.27. The van der Waals surface area contributed by atoms with Crippen LogP contribution in [0.15, 0.2) is 97.1 Å². The van der Waals surface area contributed by atoms with E-state index in [0.29, 0.717) is 71.1 Å². The molecule has 3 aliphatic heterocycles. The molecule has 0 spiro atoms. The lowest BCUT2D eigenvalue weighted by atomic mass is 9.78. The number of hydrogen-bond acceptors (Lipinski definition) is 6. The zero-order valence-corrected chi connectivity index (χ0v) is 25.5. The van der Waals surface area contributed by atoms with E-state index < -0.39 is 34.8 Å². The molecular formula is C38H28F4N2O4. The highest BCUT2D eigenvalue weighted by molar-refractivity contribution is 5.96. The predicted octanol–water partition coefficient (Wildman–Crippen LogP) is 7.41. The van der Waals surface area contributed by atoms with Crippen molar-refractivity contribution < 1.29 is 36.6 Å². The Hall–Kier alpha value is -5.19. The second kappa shape index (κ2) is 11.8. The molecule has 0 fully saturated rings. The highest BCUT2D eigenvalue weighted by Gasteiger charge is 2.49. The van der Waals surface area contributed by atoms with Crippen LogP contribution in [0.2, 0.25) is 0 Å². The molecule has 0 N–H and O–H groups in total. The molecule has 8 rings (SSSR count). The van der Waals surface area contributed by atoms with Crippen LogP contribution in [0.5, 0.6) is 11.5 Å². The summed E-state index contributed by atoms with van der Waals surface area (Å²) in [5.74, 6) is -2.69. The molecule has 0 aliphatic carbocycles. The molecule has 48 heavy (non-hydrogen) atoms. The van der Waals surface area contributed by atoms with Gasteiger partial charge in [0.2, 0.25) is 0 Å². The van der Waals surface area contributed by atoms with Crippen molar-refractivity contribution >= 4 is 5.97 Å². The molecule has 0 radical (unpaired) electrons. The van der Waals surface area contributed by atoms with Crippen LogP contribution in [-0.2, 0) is 36.5 Å². The zero-order chi connectivity index (χ0) is 33.0. The number of hydrogen-bond donors (Lipinski definition) is 0. The predicted molar refractivity (Wildman–Crippen MR) is 167 cm³/mol.